The summed E-state index contributed by atoms with van der Waals surface area (Å²) in [7, 11) is 0. The Morgan fingerprint density at radius 2 is 1.89 bits per heavy atom. The Bertz CT molecular complexity index is 1200. The maximum atomic E-state index is 12.8. The van der Waals surface area contributed by atoms with Gasteiger partial charge in [0.05, 0.1) is 10.2 Å². The zero-order valence-corrected chi connectivity index (χ0v) is 16.6. The van der Waals surface area contributed by atoms with Crippen LogP contribution in [0.3, 0.4) is 0 Å². The van der Waals surface area contributed by atoms with E-state index in [0.717, 1.165) is 25.5 Å². The van der Waals surface area contributed by atoms with Crippen LogP contribution in [0.5, 0.6) is 0 Å². The molecule has 0 fully saturated rings. The first-order chi connectivity index (χ1) is 13.0. The summed E-state index contributed by atoms with van der Waals surface area (Å²) in [6.45, 7) is 1.46. The maximum Gasteiger partial charge on any atom is 0.258 e. The molecular weight excluding hydrogens is 426 g/mol. The van der Waals surface area contributed by atoms with Crippen molar-refractivity contribution < 1.29 is 9.59 Å². The second-order valence-electron chi connectivity index (χ2n) is 6.01. The number of hydrogen-bond donors (Lipinski definition) is 2. The molecule has 0 bridgehead atoms. The average molecular weight is 440 g/mol. The van der Waals surface area contributed by atoms with Gasteiger partial charge in [0.1, 0.15) is 0 Å². The van der Waals surface area contributed by atoms with E-state index in [-0.39, 0.29) is 11.8 Å². The summed E-state index contributed by atoms with van der Waals surface area (Å²) < 4.78 is 1.85. The molecule has 1 aromatic heterocycles. The van der Waals surface area contributed by atoms with Crippen molar-refractivity contribution in [2.45, 2.75) is 6.92 Å². The summed E-state index contributed by atoms with van der Waals surface area (Å²) in [5.41, 5.74) is 2.07. The third-order valence-corrected chi connectivity index (χ3v) is 5.44. The van der Waals surface area contributed by atoms with Crippen LogP contribution in [0, 0.1) is 0 Å². The topological polar surface area (TPSA) is 71.1 Å². The van der Waals surface area contributed by atoms with Gasteiger partial charge in [0.15, 0.2) is 5.13 Å². The Morgan fingerprint density at radius 1 is 1.04 bits per heavy atom. The van der Waals surface area contributed by atoms with Gasteiger partial charge in [-0.2, -0.15) is 0 Å². The third-order valence-electron chi connectivity index (χ3n) is 4.02. The van der Waals surface area contributed by atoms with Crippen LogP contribution in [0.25, 0.3) is 21.0 Å². The average Bonchev–Trinajstić information content (AvgIpc) is 3.01. The van der Waals surface area contributed by atoms with E-state index in [1.165, 1.54) is 18.3 Å². The molecule has 0 aliphatic heterocycles. The van der Waals surface area contributed by atoms with E-state index in [1.807, 2.05) is 42.5 Å². The van der Waals surface area contributed by atoms with Gasteiger partial charge in [-0.3, -0.25) is 14.9 Å². The highest BCUT2D eigenvalue weighted by atomic mass is 79.9. The second-order valence-corrected chi connectivity index (χ2v) is 7.95. The molecule has 3 aromatic carbocycles. The monoisotopic (exact) mass is 439 g/mol. The van der Waals surface area contributed by atoms with Crippen molar-refractivity contribution in [3.05, 3.63) is 64.6 Å². The first-order valence-corrected chi connectivity index (χ1v) is 9.78. The van der Waals surface area contributed by atoms with Gasteiger partial charge in [-0.25, -0.2) is 4.98 Å². The minimum atomic E-state index is -0.205. The number of carbonyl (C=O) groups is 2. The lowest BCUT2D eigenvalue weighted by Gasteiger charge is -2.06. The predicted octanol–water partition coefficient (Wildman–Crippen LogP) is 5.42. The summed E-state index contributed by atoms with van der Waals surface area (Å²) in [5.74, 6) is -0.334. The predicted molar refractivity (Wildman–Crippen MR) is 114 cm³/mol. The number of thiazole rings is 1. The normalized spacial score (nSPS) is 10.9. The summed E-state index contributed by atoms with van der Waals surface area (Å²) in [6, 6.07) is 16.9. The SMILES string of the molecule is CC(=O)Nc1ccc2nc(NC(=O)c3cccc4cc(Br)ccc34)sc2c1. The highest BCUT2D eigenvalue weighted by Gasteiger charge is 2.13. The Morgan fingerprint density at radius 3 is 2.70 bits per heavy atom. The van der Waals surface area contributed by atoms with E-state index >= 15 is 0 Å². The van der Waals surface area contributed by atoms with E-state index in [0.29, 0.717) is 16.4 Å². The van der Waals surface area contributed by atoms with E-state index in [9.17, 15) is 9.59 Å². The van der Waals surface area contributed by atoms with Crippen LogP contribution in [-0.2, 0) is 4.79 Å². The van der Waals surface area contributed by atoms with Crippen molar-refractivity contribution in [2.24, 2.45) is 0 Å². The molecule has 0 saturated heterocycles. The molecule has 2 amide bonds. The smallest absolute Gasteiger partial charge is 0.258 e. The Balaban J connectivity index is 1.64. The van der Waals surface area contributed by atoms with E-state index < -0.39 is 0 Å². The summed E-state index contributed by atoms with van der Waals surface area (Å²) >= 11 is 4.82. The summed E-state index contributed by atoms with van der Waals surface area (Å²) in [6.07, 6.45) is 0. The van der Waals surface area contributed by atoms with Crippen molar-refractivity contribution in [1.29, 1.82) is 0 Å². The summed E-state index contributed by atoms with van der Waals surface area (Å²) in [5, 5.41) is 8.02. The van der Waals surface area contributed by atoms with Crippen molar-refractivity contribution in [3.63, 3.8) is 0 Å². The quantitative estimate of drug-likeness (QED) is 0.447. The van der Waals surface area contributed by atoms with Gasteiger partial charge in [0.25, 0.3) is 5.91 Å². The molecule has 0 aliphatic carbocycles. The van der Waals surface area contributed by atoms with Crippen LogP contribution in [0.2, 0.25) is 0 Å². The molecule has 7 heteroatoms. The lowest BCUT2D eigenvalue weighted by Crippen LogP contribution is -2.12. The minimum Gasteiger partial charge on any atom is -0.326 e. The van der Waals surface area contributed by atoms with Crippen LogP contribution in [0.1, 0.15) is 17.3 Å². The molecule has 0 aliphatic rings. The number of anilines is 2. The maximum absolute atomic E-state index is 12.8. The molecule has 0 saturated carbocycles. The molecule has 0 radical (unpaired) electrons. The van der Waals surface area contributed by atoms with E-state index in [4.69, 9.17) is 0 Å². The van der Waals surface area contributed by atoms with E-state index in [1.54, 1.807) is 12.1 Å². The standard InChI is InChI=1S/C20H14BrN3O2S/c1-11(25)22-14-6-8-17-18(10-14)27-20(23-17)24-19(26)16-4-2-3-12-9-13(21)5-7-15(12)16/h2-10H,1H3,(H,22,25)(H,23,24,26). The van der Waals surface area contributed by atoms with Crippen molar-refractivity contribution in [2.75, 3.05) is 10.6 Å². The molecule has 5 nitrogen and oxygen atoms in total. The molecule has 0 atom stereocenters. The number of aromatic nitrogens is 1. The van der Waals surface area contributed by atoms with Gasteiger partial charge < -0.3 is 5.32 Å². The number of fused-ring (bicyclic) bond motifs is 2. The number of amides is 2. The van der Waals surface area contributed by atoms with Gasteiger partial charge in [-0.15, -0.1) is 0 Å². The first kappa shape index (κ1) is 17.6. The number of benzene rings is 3. The van der Waals surface area contributed by atoms with Gasteiger partial charge in [-0.05, 0) is 47.2 Å². The molecular formula is C20H14BrN3O2S. The number of rotatable bonds is 3. The fraction of sp³-hybridized carbons (Fsp3) is 0.0500. The molecule has 4 rings (SSSR count). The highest BCUT2D eigenvalue weighted by Crippen LogP contribution is 2.29. The number of nitrogens with zero attached hydrogens (tertiary/aromatic N) is 1. The van der Waals surface area contributed by atoms with Crippen LogP contribution in [0.4, 0.5) is 10.8 Å². The first-order valence-electron chi connectivity index (χ1n) is 8.17. The molecule has 4 aromatic rings. The number of nitrogens with one attached hydrogen (secondary N) is 2. The zero-order chi connectivity index (χ0) is 19.0. The molecule has 134 valence electrons. The van der Waals surface area contributed by atoms with Gasteiger partial charge in [-0.1, -0.05) is 45.5 Å². The van der Waals surface area contributed by atoms with Crippen LogP contribution in [-0.4, -0.2) is 16.8 Å². The van der Waals surface area contributed by atoms with Crippen LogP contribution in [0.15, 0.2) is 59.1 Å². The third kappa shape index (κ3) is 3.70. The lowest BCUT2D eigenvalue weighted by atomic mass is 10.0. The van der Waals surface area contributed by atoms with Crippen molar-refractivity contribution in [3.8, 4) is 0 Å². The van der Waals surface area contributed by atoms with Gasteiger partial charge >= 0.3 is 0 Å². The zero-order valence-electron chi connectivity index (χ0n) is 14.2. The largest absolute Gasteiger partial charge is 0.326 e. The minimum absolute atomic E-state index is 0.130. The molecule has 27 heavy (non-hydrogen) atoms. The van der Waals surface area contributed by atoms with E-state index in [2.05, 4.69) is 31.5 Å². The Labute approximate surface area is 167 Å². The number of hydrogen-bond acceptors (Lipinski definition) is 4. The van der Waals surface area contributed by atoms with Crippen molar-refractivity contribution in [1.82, 2.24) is 4.98 Å². The molecule has 0 unspecified atom stereocenters. The highest BCUT2D eigenvalue weighted by molar-refractivity contribution is 9.10. The van der Waals surface area contributed by atoms with Crippen LogP contribution >= 0.6 is 27.3 Å². The number of halogens is 1. The fourth-order valence-electron chi connectivity index (χ4n) is 2.88. The van der Waals surface area contributed by atoms with Crippen molar-refractivity contribution >= 4 is 70.9 Å². The van der Waals surface area contributed by atoms with Gasteiger partial charge in [0.2, 0.25) is 5.91 Å². The Hall–Kier alpha value is -2.77. The van der Waals surface area contributed by atoms with Crippen LogP contribution < -0.4 is 10.6 Å². The van der Waals surface area contributed by atoms with Gasteiger partial charge in [0, 0.05) is 22.6 Å². The second kappa shape index (κ2) is 7.09. The summed E-state index contributed by atoms with van der Waals surface area (Å²) in [4.78, 5) is 28.4. The molecule has 0 spiro atoms. The fourth-order valence-corrected chi connectivity index (χ4v) is 4.16. The Kier molecular flexibility index (Phi) is 4.63. The molecule has 2 N–H and O–H groups in total. The lowest BCUT2D eigenvalue weighted by molar-refractivity contribution is -0.114. The number of carbonyl (C=O) groups excluding carboxylic acids is 2. The molecule has 1 heterocycles.